The van der Waals surface area contributed by atoms with Crippen molar-refractivity contribution in [1.29, 1.82) is 0 Å². The predicted octanol–water partition coefficient (Wildman–Crippen LogP) is 5.36. The van der Waals surface area contributed by atoms with E-state index in [1.54, 1.807) is 24.9 Å². The van der Waals surface area contributed by atoms with Crippen molar-refractivity contribution in [2.45, 2.75) is 17.3 Å². The van der Waals surface area contributed by atoms with Crippen LogP contribution in [0, 0.1) is 0 Å². The summed E-state index contributed by atoms with van der Waals surface area (Å²) in [4.78, 5) is 12.6. The van der Waals surface area contributed by atoms with Crippen molar-refractivity contribution >= 4 is 58.2 Å². The number of hydrogen-bond donors (Lipinski definition) is 1. The zero-order chi connectivity index (χ0) is 20.3. The van der Waals surface area contributed by atoms with Crippen LogP contribution in [0.15, 0.2) is 47.9 Å². The molecule has 6 nitrogen and oxygen atoms in total. The maximum Gasteiger partial charge on any atom is 0.237 e. The van der Waals surface area contributed by atoms with Gasteiger partial charge in [0.25, 0.3) is 0 Å². The molecule has 0 bridgehead atoms. The van der Waals surface area contributed by atoms with Crippen LogP contribution in [0.2, 0.25) is 15.1 Å². The van der Waals surface area contributed by atoms with E-state index in [-0.39, 0.29) is 5.91 Å². The Hall–Kier alpha value is -1.93. The maximum atomic E-state index is 12.6. The molecule has 3 aromatic rings. The third-order valence-electron chi connectivity index (χ3n) is 3.78. The molecule has 1 aromatic heterocycles. The van der Waals surface area contributed by atoms with E-state index in [4.69, 9.17) is 39.5 Å². The average molecular weight is 458 g/mol. The molecule has 1 heterocycles. The standard InChI is InChI=1S/C18H15Cl3N4O2S/c1-10(17(26)23-14-8-12(20)11(19)7-13(14)21)28-18-24-22-9-25(18)15-5-3-4-6-16(15)27-2/h3-10H,1-2H3,(H,23,26). The molecule has 0 spiro atoms. The van der Waals surface area contributed by atoms with Gasteiger partial charge in [-0.3, -0.25) is 9.36 Å². The van der Waals surface area contributed by atoms with E-state index in [1.165, 1.54) is 23.9 Å². The lowest BCUT2D eigenvalue weighted by atomic mass is 10.3. The number of methoxy groups -OCH3 is 1. The highest BCUT2D eigenvalue weighted by atomic mass is 35.5. The molecule has 28 heavy (non-hydrogen) atoms. The summed E-state index contributed by atoms with van der Waals surface area (Å²) < 4.78 is 7.15. The number of ether oxygens (including phenoxy) is 1. The summed E-state index contributed by atoms with van der Waals surface area (Å²) >= 11 is 19.3. The van der Waals surface area contributed by atoms with Crippen LogP contribution in [0.1, 0.15) is 6.92 Å². The first-order chi connectivity index (χ1) is 13.4. The van der Waals surface area contributed by atoms with E-state index < -0.39 is 5.25 Å². The van der Waals surface area contributed by atoms with E-state index >= 15 is 0 Å². The Kier molecular flexibility index (Phi) is 6.72. The van der Waals surface area contributed by atoms with Crippen molar-refractivity contribution in [3.8, 4) is 11.4 Å². The second-order valence-corrected chi connectivity index (χ2v) is 8.18. The molecule has 0 fully saturated rings. The number of nitrogens with one attached hydrogen (secondary N) is 1. The SMILES string of the molecule is COc1ccccc1-n1cnnc1SC(C)C(=O)Nc1cc(Cl)c(Cl)cc1Cl. The molecular formula is C18H15Cl3N4O2S. The lowest BCUT2D eigenvalue weighted by Gasteiger charge is -2.15. The average Bonchev–Trinajstić information content (AvgIpc) is 3.13. The Balaban J connectivity index is 1.77. The van der Waals surface area contributed by atoms with Crippen LogP contribution in [0.25, 0.3) is 5.69 Å². The van der Waals surface area contributed by atoms with Gasteiger partial charge in [0.05, 0.1) is 38.8 Å². The summed E-state index contributed by atoms with van der Waals surface area (Å²) in [5.74, 6) is 0.406. The minimum Gasteiger partial charge on any atom is -0.495 e. The van der Waals surface area contributed by atoms with Crippen LogP contribution >= 0.6 is 46.6 Å². The van der Waals surface area contributed by atoms with E-state index in [2.05, 4.69) is 15.5 Å². The Bertz CT molecular complexity index is 1010. The Morgan fingerprint density at radius 2 is 1.89 bits per heavy atom. The lowest BCUT2D eigenvalue weighted by molar-refractivity contribution is -0.115. The maximum absolute atomic E-state index is 12.6. The highest BCUT2D eigenvalue weighted by Crippen LogP contribution is 2.33. The Morgan fingerprint density at radius 1 is 1.18 bits per heavy atom. The van der Waals surface area contributed by atoms with Crippen LogP contribution in [-0.2, 0) is 4.79 Å². The molecule has 2 aromatic carbocycles. The summed E-state index contributed by atoms with van der Waals surface area (Å²) in [5.41, 5.74) is 1.16. The van der Waals surface area contributed by atoms with Gasteiger partial charge in [-0.1, -0.05) is 58.7 Å². The molecular weight excluding hydrogens is 443 g/mol. The van der Waals surface area contributed by atoms with Gasteiger partial charge in [-0.2, -0.15) is 0 Å². The third kappa shape index (κ3) is 4.55. The van der Waals surface area contributed by atoms with Gasteiger partial charge in [0.15, 0.2) is 5.16 Å². The minimum atomic E-state index is -0.483. The summed E-state index contributed by atoms with van der Waals surface area (Å²) in [6.07, 6.45) is 1.57. The van der Waals surface area contributed by atoms with Crippen LogP contribution in [0.4, 0.5) is 5.69 Å². The normalized spacial score (nSPS) is 11.9. The van der Waals surface area contributed by atoms with Crippen LogP contribution in [0.5, 0.6) is 5.75 Å². The molecule has 1 unspecified atom stereocenters. The number of hydrogen-bond acceptors (Lipinski definition) is 5. The number of carbonyl (C=O) groups is 1. The number of para-hydroxylation sites is 2. The van der Waals surface area contributed by atoms with E-state index in [0.717, 1.165) is 5.69 Å². The number of benzene rings is 2. The third-order valence-corrected chi connectivity index (χ3v) is 5.87. The van der Waals surface area contributed by atoms with Crippen molar-refractivity contribution in [3.63, 3.8) is 0 Å². The molecule has 0 aliphatic heterocycles. The van der Waals surface area contributed by atoms with E-state index in [0.29, 0.717) is 31.7 Å². The van der Waals surface area contributed by atoms with Crippen molar-refractivity contribution in [1.82, 2.24) is 14.8 Å². The number of anilines is 1. The van der Waals surface area contributed by atoms with E-state index in [9.17, 15) is 4.79 Å². The van der Waals surface area contributed by atoms with Crippen molar-refractivity contribution in [2.75, 3.05) is 12.4 Å². The largest absolute Gasteiger partial charge is 0.495 e. The molecule has 3 rings (SSSR count). The van der Waals surface area contributed by atoms with Gasteiger partial charge in [-0.15, -0.1) is 10.2 Å². The highest BCUT2D eigenvalue weighted by Gasteiger charge is 2.20. The fraction of sp³-hybridized carbons (Fsp3) is 0.167. The highest BCUT2D eigenvalue weighted by molar-refractivity contribution is 8.00. The zero-order valence-electron chi connectivity index (χ0n) is 14.8. The van der Waals surface area contributed by atoms with Crippen molar-refractivity contribution in [2.24, 2.45) is 0 Å². The number of nitrogens with zero attached hydrogens (tertiary/aromatic N) is 3. The number of halogens is 3. The van der Waals surface area contributed by atoms with Gasteiger partial charge in [0, 0.05) is 0 Å². The first-order valence-corrected chi connectivity index (χ1v) is 10.1. The van der Waals surface area contributed by atoms with Gasteiger partial charge in [-0.25, -0.2) is 0 Å². The van der Waals surface area contributed by atoms with Gasteiger partial charge in [0.1, 0.15) is 12.1 Å². The van der Waals surface area contributed by atoms with Crippen LogP contribution < -0.4 is 10.1 Å². The molecule has 146 valence electrons. The molecule has 10 heteroatoms. The monoisotopic (exact) mass is 456 g/mol. The molecule has 0 aliphatic rings. The second kappa shape index (κ2) is 9.05. The minimum absolute atomic E-state index is 0.264. The predicted molar refractivity (Wildman–Crippen MR) is 113 cm³/mol. The molecule has 0 radical (unpaired) electrons. The fourth-order valence-corrected chi connectivity index (χ4v) is 3.79. The molecule has 0 aliphatic carbocycles. The number of carbonyl (C=O) groups excluding carboxylic acids is 1. The Labute approximate surface area is 181 Å². The van der Waals surface area contributed by atoms with E-state index in [1.807, 2.05) is 24.3 Å². The summed E-state index contributed by atoms with van der Waals surface area (Å²) in [6, 6.07) is 10.5. The summed E-state index contributed by atoms with van der Waals surface area (Å²) in [5, 5.41) is 11.8. The van der Waals surface area contributed by atoms with Crippen LogP contribution in [-0.4, -0.2) is 33.0 Å². The molecule has 1 amide bonds. The lowest BCUT2D eigenvalue weighted by Crippen LogP contribution is -2.23. The van der Waals surface area contributed by atoms with Gasteiger partial charge >= 0.3 is 0 Å². The smallest absolute Gasteiger partial charge is 0.237 e. The first-order valence-electron chi connectivity index (χ1n) is 8.06. The number of amides is 1. The van der Waals surface area contributed by atoms with Crippen molar-refractivity contribution in [3.05, 3.63) is 57.8 Å². The molecule has 0 saturated heterocycles. The topological polar surface area (TPSA) is 69.0 Å². The van der Waals surface area contributed by atoms with Gasteiger partial charge in [-0.05, 0) is 31.2 Å². The molecule has 1 N–H and O–H groups in total. The van der Waals surface area contributed by atoms with Gasteiger partial charge in [0.2, 0.25) is 5.91 Å². The van der Waals surface area contributed by atoms with Crippen molar-refractivity contribution < 1.29 is 9.53 Å². The molecule has 0 saturated carbocycles. The number of thioether (sulfide) groups is 1. The fourth-order valence-electron chi connectivity index (χ4n) is 2.36. The number of aromatic nitrogens is 3. The Morgan fingerprint density at radius 3 is 2.64 bits per heavy atom. The zero-order valence-corrected chi connectivity index (χ0v) is 17.9. The number of rotatable bonds is 6. The first kappa shape index (κ1) is 20.8. The second-order valence-electron chi connectivity index (χ2n) is 5.65. The van der Waals surface area contributed by atoms with Crippen LogP contribution in [0.3, 0.4) is 0 Å². The summed E-state index contributed by atoms with van der Waals surface area (Å²) in [6.45, 7) is 1.76. The molecule has 1 atom stereocenters. The summed E-state index contributed by atoms with van der Waals surface area (Å²) in [7, 11) is 1.59. The van der Waals surface area contributed by atoms with Gasteiger partial charge < -0.3 is 10.1 Å². The quantitative estimate of drug-likeness (QED) is 0.399.